The summed E-state index contributed by atoms with van der Waals surface area (Å²) in [5.74, 6) is -0.570. The second kappa shape index (κ2) is 9.46. The van der Waals surface area contributed by atoms with Gasteiger partial charge in [0.25, 0.3) is 0 Å². The van der Waals surface area contributed by atoms with Crippen molar-refractivity contribution < 1.29 is 9.90 Å². The Kier molecular flexibility index (Phi) is 7.23. The average molecular weight is 385 g/mol. The van der Waals surface area contributed by atoms with Crippen LogP contribution in [0.1, 0.15) is 107 Å². The Morgan fingerprint density at radius 2 is 1.46 bits per heavy atom. The standard InChI is InChI=1S/C26H40O2/c1-21-12-13-22(10-7-5-9-15-26(18-19-26)24(27)28)23(20-21)11-6-3-4-8-14-25(2)16-17-25/h12-13,20H,3-11,14-19H2,1-2H3,(H,27,28). The molecule has 0 amide bonds. The third kappa shape index (κ3) is 6.36. The molecule has 2 aliphatic rings. The van der Waals surface area contributed by atoms with Crippen LogP contribution in [0.2, 0.25) is 0 Å². The van der Waals surface area contributed by atoms with Gasteiger partial charge in [0.15, 0.2) is 0 Å². The molecule has 2 saturated carbocycles. The third-order valence-electron chi connectivity index (χ3n) is 7.35. The minimum atomic E-state index is -0.570. The van der Waals surface area contributed by atoms with E-state index in [1.54, 1.807) is 5.56 Å². The van der Waals surface area contributed by atoms with Crippen molar-refractivity contribution in [3.63, 3.8) is 0 Å². The molecular formula is C26H40O2. The van der Waals surface area contributed by atoms with Gasteiger partial charge in [-0.1, -0.05) is 62.8 Å². The lowest BCUT2D eigenvalue weighted by Crippen LogP contribution is -2.14. The zero-order valence-corrected chi connectivity index (χ0v) is 18.2. The number of rotatable bonds is 14. The quantitative estimate of drug-likeness (QED) is 0.343. The lowest BCUT2D eigenvalue weighted by molar-refractivity contribution is -0.143. The number of carboxylic acid groups (broad SMARTS) is 1. The number of aryl methyl sites for hydroxylation is 3. The first-order chi connectivity index (χ1) is 13.4. The fraction of sp³-hybridized carbons (Fsp3) is 0.731. The van der Waals surface area contributed by atoms with Crippen LogP contribution < -0.4 is 0 Å². The van der Waals surface area contributed by atoms with Gasteiger partial charge in [0, 0.05) is 0 Å². The first kappa shape index (κ1) is 21.4. The molecule has 28 heavy (non-hydrogen) atoms. The van der Waals surface area contributed by atoms with E-state index in [1.807, 2.05) is 0 Å². The van der Waals surface area contributed by atoms with Gasteiger partial charge in [-0.05, 0) is 87.7 Å². The Morgan fingerprint density at radius 1 is 0.857 bits per heavy atom. The molecule has 156 valence electrons. The molecule has 2 aliphatic carbocycles. The summed E-state index contributed by atoms with van der Waals surface area (Å²) in [6, 6.07) is 6.97. The van der Waals surface area contributed by atoms with Crippen LogP contribution in [0.25, 0.3) is 0 Å². The Bertz CT molecular complexity index is 652. The van der Waals surface area contributed by atoms with E-state index in [0.717, 1.165) is 38.5 Å². The second-order valence-electron chi connectivity index (χ2n) is 10.1. The molecule has 1 aromatic carbocycles. The number of aliphatic carboxylic acids is 1. The predicted octanol–water partition coefficient (Wildman–Crippen LogP) is 7.26. The van der Waals surface area contributed by atoms with Crippen LogP contribution in [0, 0.1) is 17.8 Å². The van der Waals surface area contributed by atoms with E-state index in [1.165, 1.54) is 68.9 Å². The summed E-state index contributed by atoms with van der Waals surface area (Å²) >= 11 is 0. The largest absolute Gasteiger partial charge is 0.481 e. The first-order valence-corrected chi connectivity index (χ1v) is 11.7. The summed E-state index contributed by atoms with van der Waals surface area (Å²) in [7, 11) is 0. The van der Waals surface area contributed by atoms with Crippen molar-refractivity contribution in [1.82, 2.24) is 0 Å². The predicted molar refractivity (Wildman–Crippen MR) is 117 cm³/mol. The molecule has 2 heteroatoms. The summed E-state index contributed by atoms with van der Waals surface area (Å²) in [6.07, 6.45) is 18.3. The molecule has 2 nitrogen and oxygen atoms in total. The first-order valence-electron chi connectivity index (χ1n) is 11.7. The monoisotopic (exact) mass is 384 g/mol. The maximum Gasteiger partial charge on any atom is 0.309 e. The summed E-state index contributed by atoms with van der Waals surface area (Å²) in [4.78, 5) is 11.3. The van der Waals surface area contributed by atoms with Crippen LogP contribution >= 0.6 is 0 Å². The van der Waals surface area contributed by atoms with Crippen LogP contribution in [0.5, 0.6) is 0 Å². The van der Waals surface area contributed by atoms with Gasteiger partial charge in [-0.3, -0.25) is 4.79 Å². The van der Waals surface area contributed by atoms with Gasteiger partial charge < -0.3 is 5.11 Å². The van der Waals surface area contributed by atoms with Gasteiger partial charge >= 0.3 is 5.97 Å². The van der Waals surface area contributed by atoms with E-state index in [2.05, 4.69) is 32.0 Å². The topological polar surface area (TPSA) is 37.3 Å². The Balaban J connectivity index is 1.34. The van der Waals surface area contributed by atoms with Gasteiger partial charge in [0.05, 0.1) is 5.41 Å². The zero-order valence-electron chi connectivity index (χ0n) is 18.2. The van der Waals surface area contributed by atoms with E-state index in [4.69, 9.17) is 0 Å². The molecule has 1 aromatic rings. The molecule has 0 aliphatic heterocycles. The molecule has 3 rings (SSSR count). The highest BCUT2D eigenvalue weighted by molar-refractivity contribution is 5.77. The molecule has 1 N–H and O–H groups in total. The molecule has 0 unspecified atom stereocenters. The summed E-state index contributed by atoms with van der Waals surface area (Å²) in [6.45, 7) is 4.64. The van der Waals surface area contributed by atoms with E-state index in [0.29, 0.717) is 5.41 Å². The molecule has 2 fully saturated rings. The minimum absolute atomic E-state index is 0.341. The molecule has 0 radical (unpaired) electrons. The number of hydrogen-bond acceptors (Lipinski definition) is 1. The highest BCUT2D eigenvalue weighted by Crippen LogP contribution is 2.50. The summed E-state index contributed by atoms with van der Waals surface area (Å²) in [5, 5.41) is 9.28. The smallest absolute Gasteiger partial charge is 0.309 e. The normalized spacial score (nSPS) is 18.8. The lowest BCUT2D eigenvalue weighted by atomic mass is 9.93. The minimum Gasteiger partial charge on any atom is -0.481 e. The fourth-order valence-corrected chi connectivity index (χ4v) is 4.59. The second-order valence-corrected chi connectivity index (χ2v) is 10.1. The van der Waals surface area contributed by atoms with Gasteiger partial charge in [0.2, 0.25) is 0 Å². The van der Waals surface area contributed by atoms with Crippen molar-refractivity contribution in [2.75, 3.05) is 0 Å². The van der Waals surface area contributed by atoms with E-state index in [9.17, 15) is 9.90 Å². The lowest BCUT2D eigenvalue weighted by Gasteiger charge is -2.12. The van der Waals surface area contributed by atoms with Gasteiger partial charge in [-0.25, -0.2) is 0 Å². The number of carboxylic acids is 1. The SMILES string of the molecule is Cc1ccc(CCCCCC2(C(=O)O)CC2)c(CCCCCCC2(C)CC2)c1. The molecule has 0 spiro atoms. The Labute approximate surface area is 172 Å². The molecule has 0 atom stereocenters. The average Bonchev–Trinajstić information content (AvgIpc) is 3.57. The van der Waals surface area contributed by atoms with Crippen LogP contribution in [0.3, 0.4) is 0 Å². The third-order valence-corrected chi connectivity index (χ3v) is 7.35. The maximum atomic E-state index is 11.3. The van der Waals surface area contributed by atoms with Crippen LogP contribution in [0.4, 0.5) is 0 Å². The van der Waals surface area contributed by atoms with E-state index < -0.39 is 5.97 Å². The van der Waals surface area contributed by atoms with Gasteiger partial charge in [-0.15, -0.1) is 0 Å². The fourth-order valence-electron chi connectivity index (χ4n) is 4.59. The number of hydrogen-bond donors (Lipinski definition) is 1. The number of unbranched alkanes of at least 4 members (excludes halogenated alkanes) is 5. The maximum absolute atomic E-state index is 11.3. The highest BCUT2D eigenvalue weighted by atomic mass is 16.4. The molecule has 0 heterocycles. The Morgan fingerprint density at radius 3 is 2.11 bits per heavy atom. The van der Waals surface area contributed by atoms with E-state index >= 15 is 0 Å². The summed E-state index contributed by atoms with van der Waals surface area (Å²) in [5.41, 5.74) is 4.82. The van der Waals surface area contributed by atoms with E-state index in [-0.39, 0.29) is 5.41 Å². The van der Waals surface area contributed by atoms with Crippen molar-refractivity contribution in [3.8, 4) is 0 Å². The molecule has 0 bridgehead atoms. The van der Waals surface area contributed by atoms with Crippen LogP contribution in [-0.4, -0.2) is 11.1 Å². The van der Waals surface area contributed by atoms with Gasteiger partial charge in [0.1, 0.15) is 0 Å². The number of carbonyl (C=O) groups is 1. The van der Waals surface area contributed by atoms with Crippen molar-refractivity contribution in [2.24, 2.45) is 10.8 Å². The van der Waals surface area contributed by atoms with Gasteiger partial charge in [-0.2, -0.15) is 0 Å². The van der Waals surface area contributed by atoms with Crippen molar-refractivity contribution >= 4 is 5.97 Å². The Hall–Kier alpha value is -1.31. The molecular weight excluding hydrogens is 344 g/mol. The zero-order chi connectivity index (χ0) is 20.0. The molecule has 0 aromatic heterocycles. The van der Waals surface area contributed by atoms with Crippen LogP contribution in [0.15, 0.2) is 18.2 Å². The van der Waals surface area contributed by atoms with Crippen LogP contribution in [-0.2, 0) is 17.6 Å². The van der Waals surface area contributed by atoms with Crippen molar-refractivity contribution in [3.05, 3.63) is 34.9 Å². The summed E-state index contributed by atoms with van der Waals surface area (Å²) < 4.78 is 0. The van der Waals surface area contributed by atoms with Crippen molar-refractivity contribution in [2.45, 2.75) is 110 Å². The number of benzene rings is 1. The molecule has 0 saturated heterocycles. The highest BCUT2D eigenvalue weighted by Gasteiger charge is 2.49. The van der Waals surface area contributed by atoms with Crippen molar-refractivity contribution in [1.29, 1.82) is 0 Å².